The van der Waals surface area contributed by atoms with Crippen molar-refractivity contribution in [3.63, 3.8) is 0 Å². The first-order valence-electron chi connectivity index (χ1n) is 8.90. The van der Waals surface area contributed by atoms with Gasteiger partial charge >= 0.3 is 5.97 Å². The zero-order chi connectivity index (χ0) is 21.2. The molecule has 0 aliphatic heterocycles. The monoisotopic (exact) mass is 401 g/mol. The summed E-state index contributed by atoms with van der Waals surface area (Å²) in [5, 5.41) is 13.8. The van der Waals surface area contributed by atoms with Gasteiger partial charge in [-0.15, -0.1) is 0 Å². The highest BCUT2D eigenvalue weighted by Gasteiger charge is 2.11. The van der Waals surface area contributed by atoms with Gasteiger partial charge in [-0.05, 0) is 36.3 Å². The number of nitrogens with zero attached hydrogens (tertiary/aromatic N) is 2. The number of benzene rings is 1. The van der Waals surface area contributed by atoms with Crippen molar-refractivity contribution in [2.45, 2.75) is 19.4 Å². The average molecular weight is 401 g/mol. The van der Waals surface area contributed by atoms with Gasteiger partial charge in [-0.25, -0.2) is 9.78 Å². The van der Waals surface area contributed by atoms with E-state index in [4.69, 9.17) is 14.2 Å². The number of rotatable bonds is 10. The van der Waals surface area contributed by atoms with E-state index in [-0.39, 0.29) is 18.3 Å². The van der Waals surface area contributed by atoms with Crippen molar-refractivity contribution >= 4 is 23.6 Å². The van der Waals surface area contributed by atoms with Crippen LogP contribution in [0.3, 0.4) is 0 Å². The lowest BCUT2D eigenvalue weighted by Gasteiger charge is -2.16. The van der Waals surface area contributed by atoms with Crippen molar-refractivity contribution in [2.24, 2.45) is 0 Å². The van der Waals surface area contributed by atoms with Crippen LogP contribution in [0.2, 0.25) is 0 Å². The van der Waals surface area contributed by atoms with Crippen LogP contribution in [0, 0.1) is 10.1 Å². The second-order valence-electron chi connectivity index (χ2n) is 5.99. The molecular formula is C20H23N3O6. The second-order valence-corrected chi connectivity index (χ2v) is 5.99. The molecule has 0 spiro atoms. The topological polar surface area (TPSA) is 113 Å². The molecule has 0 saturated heterocycles. The van der Waals surface area contributed by atoms with Crippen molar-refractivity contribution in [3.8, 4) is 11.5 Å². The fourth-order valence-electron chi connectivity index (χ4n) is 2.40. The lowest BCUT2D eigenvalue weighted by Crippen LogP contribution is -2.26. The molecule has 1 N–H and O–H groups in total. The largest absolute Gasteiger partial charge is 0.493 e. The number of esters is 1. The third-order valence-electron chi connectivity index (χ3n) is 4.05. The molecule has 2 aromatic rings. The van der Waals surface area contributed by atoms with Crippen LogP contribution in [0.25, 0.3) is 6.08 Å². The Hall–Kier alpha value is -3.62. The summed E-state index contributed by atoms with van der Waals surface area (Å²) in [4.78, 5) is 26.1. The normalized spacial score (nSPS) is 11.7. The predicted molar refractivity (Wildman–Crippen MR) is 108 cm³/mol. The maximum absolute atomic E-state index is 12.0. The Balaban J connectivity index is 1.89. The van der Waals surface area contributed by atoms with Gasteiger partial charge in [0.15, 0.2) is 11.5 Å². The first-order valence-corrected chi connectivity index (χ1v) is 8.90. The van der Waals surface area contributed by atoms with Crippen LogP contribution >= 0.6 is 0 Å². The second kappa shape index (κ2) is 10.6. The van der Waals surface area contributed by atoms with E-state index in [0.29, 0.717) is 23.7 Å². The fourth-order valence-corrected chi connectivity index (χ4v) is 2.40. The highest BCUT2D eigenvalue weighted by molar-refractivity contribution is 5.87. The number of ether oxygens (including phenoxy) is 3. The summed E-state index contributed by atoms with van der Waals surface area (Å²) in [6.45, 7) is 2.06. The van der Waals surface area contributed by atoms with E-state index >= 15 is 0 Å². The molecule has 2 rings (SSSR count). The summed E-state index contributed by atoms with van der Waals surface area (Å²) in [7, 11) is 3.09. The third-order valence-corrected chi connectivity index (χ3v) is 4.05. The van der Waals surface area contributed by atoms with Gasteiger partial charge in [-0.2, -0.15) is 0 Å². The van der Waals surface area contributed by atoms with Crippen LogP contribution in [0.5, 0.6) is 11.5 Å². The standard InChI is InChI=1S/C20H23N3O6/c1-4-15(22-19-9-7-16(12-21-19)23(25)26)13-29-20(24)10-6-14-5-8-17(27-2)18(11-14)28-3/h5-12,15H,4,13H2,1-3H3,(H,21,22)/b10-6+. The molecule has 0 aliphatic carbocycles. The molecule has 0 saturated carbocycles. The van der Waals surface area contributed by atoms with Gasteiger partial charge in [0, 0.05) is 12.1 Å². The van der Waals surface area contributed by atoms with Crippen LogP contribution in [0.15, 0.2) is 42.6 Å². The molecule has 1 unspecified atom stereocenters. The van der Waals surface area contributed by atoms with Gasteiger partial charge in [0.2, 0.25) is 0 Å². The summed E-state index contributed by atoms with van der Waals surface area (Å²) in [6.07, 6.45) is 4.80. The Labute approximate surface area is 168 Å². The van der Waals surface area contributed by atoms with E-state index in [2.05, 4.69) is 10.3 Å². The van der Waals surface area contributed by atoms with Crippen LogP contribution < -0.4 is 14.8 Å². The summed E-state index contributed by atoms with van der Waals surface area (Å²) in [5.74, 6) is 1.15. The summed E-state index contributed by atoms with van der Waals surface area (Å²) in [6, 6.07) is 7.99. The third kappa shape index (κ3) is 6.49. The number of pyridine rings is 1. The van der Waals surface area contributed by atoms with Gasteiger partial charge < -0.3 is 19.5 Å². The Morgan fingerprint density at radius 3 is 2.59 bits per heavy atom. The smallest absolute Gasteiger partial charge is 0.330 e. The molecule has 0 radical (unpaired) electrons. The Morgan fingerprint density at radius 1 is 1.24 bits per heavy atom. The van der Waals surface area contributed by atoms with Crippen molar-refractivity contribution in [3.05, 3.63) is 58.3 Å². The van der Waals surface area contributed by atoms with Gasteiger partial charge in [0.1, 0.15) is 18.6 Å². The molecule has 1 heterocycles. The zero-order valence-corrected chi connectivity index (χ0v) is 16.5. The lowest BCUT2D eigenvalue weighted by atomic mass is 10.2. The molecular weight excluding hydrogens is 378 g/mol. The summed E-state index contributed by atoms with van der Waals surface area (Å²) in [5.41, 5.74) is 0.676. The van der Waals surface area contributed by atoms with E-state index < -0.39 is 10.9 Å². The molecule has 1 aromatic heterocycles. The zero-order valence-electron chi connectivity index (χ0n) is 16.5. The van der Waals surface area contributed by atoms with Crippen LogP contribution in [-0.4, -0.2) is 42.7 Å². The first kappa shape index (κ1) is 21.7. The summed E-state index contributed by atoms with van der Waals surface area (Å²) >= 11 is 0. The number of anilines is 1. The number of hydrogen-bond donors (Lipinski definition) is 1. The minimum Gasteiger partial charge on any atom is -0.493 e. The molecule has 0 aliphatic rings. The van der Waals surface area contributed by atoms with Crippen LogP contribution in [0.1, 0.15) is 18.9 Å². The van der Waals surface area contributed by atoms with E-state index in [1.807, 2.05) is 6.92 Å². The number of carbonyl (C=O) groups excluding carboxylic acids is 1. The molecule has 9 heteroatoms. The molecule has 29 heavy (non-hydrogen) atoms. The van der Waals surface area contributed by atoms with E-state index in [1.165, 1.54) is 31.5 Å². The number of nitrogens with one attached hydrogen (secondary N) is 1. The molecule has 9 nitrogen and oxygen atoms in total. The number of aromatic nitrogens is 1. The number of methoxy groups -OCH3 is 2. The van der Waals surface area contributed by atoms with E-state index in [0.717, 1.165) is 5.56 Å². The molecule has 0 amide bonds. The molecule has 1 atom stereocenters. The molecule has 1 aromatic carbocycles. The predicted octanol–water partition coefficient (Wildman–Crippen LogP) is 3.45. The highest BCUT2D eigenvalue weighted by Crippen LogP contribution is 2.27. The Morgan fingerprint density at radius 2 is 2.00 bits per heavy atom. The number of nitro groups is 1. The molecule has 0 fully saturated rings. The Kier molecular flexibility index (Phi) is 7.96. The minimum atomic E-state index is -0.513. The quantitative estimate of drug-likeness (QED) is 0.279. The van der Waals surface area contributed by atoms with Gasteiger partial charge in [0.05, 0.1) is 25.2 Å². The molecule has 154 valence electrons. The number of hydrogen-bond acceptors (Lipinski definition) is 8. The molecule has 0 bridgehead atoms. The highest BCUT2D eigenvalue weighted by atomic mass is 16.6. The van der Waals surface area contributed by atoms with Gasteiger partial charge in [-0.3, -0.25) is 10.1 Å². The van der Waals surface area contributed by atoms with Crippen molar-refractivity contribution in [1.29, 1.82) is 0 Å². The van der Waals surface area contributed by atoms with E-state index in [9.17, 15) is 14.9 Å². The minimum absolute atomic E-state index is 0.0877. The van der Waals surface area contributed by atoms with Gasteiger partial charge in [0.25, 0.3) is 5.69 Å². The Bertz CT molecular complexity index is 867. The van der Waals surface area contributed by atoms with Crippen LogP contribution in [0.4, 0.5) is 11.5 Å². The maximum Gasteiger partial charge on any atom is 0.330 e. The van der Waals surface area contributed by atoms with Crippen molar-refractivity contribution in [2.75, 3.05) is 26.1 Å². The average Bonchev–Trinajstić information content (AvgIpc) is 2.75. The van der Waals surface area contributed by atoms with Gasteiger partial charge in [-0.1, -0.05) is 13.0 Å². The summed E-state index contributed by atoms with van der Waals surface area (Å²) < 4.78 is 15.7. The lowest BCUT2D eigenvalue weighted by molar-refractivity contribution is -0.385. The first-order chi connectivity index (χ1) is 14.0. The van der Waals surface area contributed by atoms with E-state index in [1.54, 1.807) is 31.4 Å². The SMILES string of the molecule is CCC(COC(=O)/C=C/c1ccc(OC)c(OC)c1)Nc1ccc([N+](=O)[O-])cn1. The van der Waals surface area contributed by atoms with Crippen molar-refractivity contribution < 1.29 is 23.9 Å². The fraction of sp³-hybridized carbons (Fsp3) is 0.300. The van der Waals surface area contributed by atoms with Crippen molar-refractivity contribution in [1.82, 2.24) is 4.98 Å². The van der Waals surface area contributed by atoms with Crippen LogP contribution in [-0.2, 0) is 9.53 Å². The maximum atomic E-state index is 12.0. The number of carbonyl (C=O) groups is 1.